The monoisotopic (exact) mass is 218 g/mol. The van der Waals surface area contributed by atoms with Crippen molar-refractivity contribution in [2.24, 2.45) is 0 Å². The van der Waals surface area contributed by atoms with Gasteiger partial charge < -0.3 is 5.32 Å². The molecule has 1 heterocycles. The Morgan fingerprint density at radius 1 is 1.47 bits per heavy atom. The van der Waals surface area contributed by atoms with Crippen molar-refractivity contribution in [3.8, 4) is 0 Å². The third kappa shape index (κ3) is 2.93. The Kier molecular flexibility index (Phi) is 2.97. The SMILES string of the molecule is CC(=O)Nc1cnc(C)c(C(F)(F)F)c1. The maximum Gasteiger partial charge on any atom is 0.418 e. The molecule has 0 unspecified atom stereocenters. The number of hydrogen-bond donors (Lipinski definition) is 1. The molecule has 82 valence electrons. The zero-order valence-corrected chi connectivity index (χ0v) is 8.14. The molecular formula is C9H9F3N2O. The molecular weight excluding hydrogens is 209 g/mol. The molecule has 1 aromatic rings. The largest absolute Gasteiger partial charge is 0.418 e. The molecule has 0 bridgehead atoms. The fourth-order valence-corrected chi connectivity index (χ4v) is 1.09. The molecule has 15 heavy (non-hydrogen) atoms. The Labute approximate surface area is 84.3 Å². The van der Waals surface area contributed by atoms with Crippen LogP contribution in [-0.4, -0.2) is 10.9 Å². The van der Waals surface area contributed by atoms with Crippen molar-refractivity contribution in [2.75, 3.05) is 5.32 Å². The van der Waals surface area contributed by atoms with Gasteiger partial charge in [-0.25, -0.2) is 0 Å². The highest BCUT2D eigenvalue weighted by molar-refractivity contribution is 5.88. The Bertz CT molecular complexity index is 387. The second-order valence-corrected chi connectivity index (χ2v) is 3.04. The number of carbonyl (C=O) groups is 1. The van der Waals surface area contributed by atoms with Crippen molar-refractivity contribution in [2.45, 2.75) is 20.0 Å². The minimum absolute atomic E-state index is 0.0421. The first-order chi connectivity index (χ1) is 6.80. The van der Waals surface area contributed by atoms with Gasteiger partial charge in [-0.2, -0.15) is 13.2 Å². The first-order valence-corrected chi connectivity index (χ1v) is 4.12. The second-order valence-electron chi connectivity index (χ2n) is 3.04. The van der Waals surface area contributed by atoms with E-state index in [1.54, 1.807) is 0 Å². The third-order valence-electron chi connectivity index (χ3n) is 1.71. The second kappa shape index (κ2) is 3.88. The van der Waals surface area contributed by atoms with Crippen LogP contribution in [0.15, 0.2) is 12.3 Å². The van der Waals surface area contributed by atoms with Crippen molar-refractivity contribution >= 4 is 11.6 Å². The Balaban J connectivity index is 3.11. The molecule has 1 rings (SSSR count). The van der Waals surface area contributed by atoms with Crippen molar-refractivity contribution in [1.29, 1.82) is 0 Å². The van der Waals surface area contributed by atoms with E-state index in [2.05, 4.69) is 10.3 Å². The molecule has 6 heteroatoms. The van der Waals surface area contributed by atoms with E-state index in [0.717, 1.165) is 6.07 Å². The van der Waals surface area contributed by atoms with Crippen LogP contribution in [-0.2, 0) is 11.0 Å². The lowest BCUT2D eigenvalue weighted by Crippen LogP contribution is -2.12. The molecule has 0 spiro atoms. The van der Waals surface area contributed by atoms with Crippen molar-refractivity contribution < 1.29 is 18.0 Å². The fourth-order valence-electron chi connectivity index (χ4n) is 1.09. The van der Waals surface area contributed by atoms with Gasteiger partial charge in [-0.05, 0) is 13.0 Å². The Morgan fingerprint density at radius 3 is 2.53 bits per heavy atom. The molecule has 0 atom stereocenters. The van der Waals surface area contributed by atoms with Crippen LogP contribution in [0.1, 0.15) is 18.2 Å². The van der Waals surface area contributed by atoms with Gasteiger partial charge >= 0.3 is 6.18 Å². The average Bonchev–Trinajstić information content (AvgIpc) is 2.05. The smallest absolute Gasteiger partial charge is 0.325 e. The van der Waals surface area contributed by atoms with Gasteiger partial charge in [0.1, 0.15) is 0 Å². The molecule has 0 aliphatic rings. The quantitative estimate of drug-likeness (QED) is 0.786. The molecule has 0 fully saturated rings. The van der Waals surface area contributed by atoms with Crippen LogP contribution in [0.3, 0.4) is 0 Å². The molecule has 1 amide bonds. The molecule has 0 aromatic carbocycles. The number of anilines is 1. The topological polar surface area (TPSA) is 42.0 Å². The predicted molar refractivity (Wildman–Crippen MR) is 48.3 cm³/mol. The molecule has 0 aliphatic heterocycles. The summed E-state index contributed by atoms with van der Waals surface area (Å²) in [7, 11) is 0. The first-order valence-electron chi connectivity index (χ1n) is 4.12. The van der Waals surface area contributed by atoms with Gasteiger partial charge in [-0.15, -0.1) is 0 Å². The Hall–Kier alpha value is -1.59. The van der Waals surface area contributed by atoms with E-state index in [1.807, 2.05) is 0 Å². The summed E-state index contributed by atoms with van der Waals surface area (Å²) in [6.45, 7) is 2.48. The number of aryl methyl sites for hydroxylation is 1. The van der Waals surface area contributed by atoms with Crippen LogP contribution < -0.4 is 5.32 Å². The van der Waals surface area contributed by atoms with Crippen molar-refractivity contribution in [3.63, 3.8) is 0 Å². The third-order valence-corrected chi connectivity index (χ3v) is 1.71. The van der Waals surface area contributed by atoms with E-state index in [9.17, 15) is 18.0 Å². The summed E-state index contributed by atoms with van der Waals surface area (Å²) in [5, 5.41) is 2.24. The van der Waals surface area contributed by atoms with Crippen LogP contribution in [0, 0.1) is 6.92 Å². The summed E-state index contributed by atoms with van der Waals surface area (Å²) in [5.74, 6) is -0.436. The fraction of sp³-hybridized carbons (Fsp3) is 0.333. The minimum Gasteiger partial charge on any atom is -0.325 e. The number of carbonyl (C=O) groups excluding carboxylic acids is 1. The summed E-state index contributed by atoms with van der Waals surface area (Å²) >= 11 is 0. The number of nitrogens with one attached hydrogen (secondary N) is 1. The average molecular weight is 218 g/mol. The lowest BCUT2D eigenvalue weighted by molar-refractivity contribution is -0.138. The number of aromatic nitrogens is 1. The predicted octanol–water partition coefficient (Wildman–Crippen LogP) is 2.37. The van der Waals surface area contributed by atoms with Gasteiger partial charge in [0.15, 0.2) is 0 Å². The van der Waals surface area contributed by atoms with E-state index in [1.165, 1.54) is 20.0 Å². The number of halogens is 3. The van der Waals surface area contributed by atoms with Gasteiger partial charge in [0.25, 0.3) is 0 Å². The van der Waals surface area contributed by atoms with Crippen LogP contribution in [0.5, 0.6) is 0 Å². The summed E-state index contributed by atoms with van der Waals surface area (Å²) in [4.78, 5) is 14.2. The standard InChI is InChI=1S/C9H9F3N2O/c1-5-8(9(10,11)12)3-7(4-13-5)14-6(2)15/h3-4H,1-2H3,(H,14,15). The van der Waals surface area contributed by atoms with Crippen LogP contribution in [0.25, 0.3) is 0 Å². The van der Waals surface area contributed by atoms with Crippen molar-refractivity contribution in [3.05, 3.63) is 23.5 Å². The van der Waals surface area contributed by atoms with Gasteiger partial charge in [0, 0.05) is 12.6 Å². The molecule has 1 N–H and O–H groups in total. The number of rotatable bonds is 1. The van der Waals surface area contributed by atoms with Gasteiger partial charge in [0.2, 0.25) is 5.91 Å². The van der Waals surface area contributed by atoms with Gasteiger partial charge in [0.05, 0.1) is 17.4 Å². The minimum atomic E-state index is -4.45. The molecule has 0 aliphatic carbocycles. The number of amides is 1. The summed E-state index contributed by atoms with van der Waals surface area (Å²) in [6, 6.07) is 0.865. The summed E-state index contributed by atoms with van der Waals surface area (Å²) in [6.07, 6.45) is -3.27. The molecule has 1 aromatic heterocycles. The lowest BCUT2D eigenvalue weighted by atomic mass is 10.2. The highest BCUT2D eigenvalue weighted by Gasteiger charge is 2.33. The highest BCUT2D eigenvalue weighted by Crippen LogP contribution is 2.32. The number of hydrogen-bond acceptors (Lipinski definition) is 2. The first kappa shape index (κ1) is 11.5. The molecule has 3 nitrogen and oxygen atoms in total. The lowest BCUT2D eigenvalue weighted by Gasteiger charge is -2.11. The van der Waals surface area contributed by atoms with Gasteiger partial charge in [-0.3, -0.25) is 9.78 Å². The van der Waals surface area contributed by atoms with Crippen molar-refractivity contribution in [1.82, 2.24) is 4.98 Å². The molecule has 0 radical (unpaired) electrons. The summed E-state index contributed by atoms with van der Waals surface area (Å²) in [5.41, 5.74) is -0.911. The molecule has 0 saturated carbocycles. The maximum atomic E-state index is 12.4. The normalized spacial score (nSPS) is 11.3. The number of pyridine rings is 1. The maximum absolute atomic E-state index is 12.4. The number of nitrogens with zero attached hydrogens (tertiary/aromatic N) is 1. The summed E-state index contributed by atoms with van der Waals surface area (Å²) < 4.78 is 37.2. The van der Waals surface area contributed by atoms with Crippen LogP contribution in [0.2, 0.25) is 0 Å². The molecule has 0 saturated heterocycles. The van der Waals surface area contributed by atoms with Crippen LogP contribution >= 0.6 is 0 Å². The van der Waals surface area contributed by atoms with E-state index < -0.39 is 17.6 Å². The van der Waals surface area contributed by atoms with Crippen LogP contribution in [0.4, 0.5) is 18.9 Å². The highest BCUT2D eigenvalue weighted by atomic mass is 19.4. The van der Waals surface area contributed by atoms with E-state index in [0.29, 0.717) is 0 Å². The van der Waals surface area contributed by atoms with E-state index >= 15 is 0 Å². The van der Waals surface area contributed by atoms with Gasteiger partial charge in [-0.1, -0.05) is 0 Å². The zero-order valence-electron chi connectivity index (χ0n) is 8.14. The van der Waals surface area contributed by atoms with E-state index in [4.69, 9.17) is 0 Å². The Morgan fingerprint density at radius 2 is 2.07 bits per heavy atom. The number of alkyl halides is 3. The van der Waals surface area contributed by atoms with E-state index in [-0.39, 0.29) is 11.4 Å². The zero-order chi connectivity index (χ0) is 11.6.